The Morgan fingerprint density at radius 3 is 2.76 bits per heavy atom. The monoisotopic (exact) mass is 229 g/mol. The van der Waals surface area contributed by atoms with Crippen LogP contribution in [0.2, 0.25) is 0 Å². The molecule has 0 aliphatic carbocycles. The molecule has 1 aromatic heterocycles. The molecule has 0 N–H and O–H groups in total. The van der Waals surface area contributed by atoms with Crippen molar-refractivity contribution in [2.45, 2.75) is 19.6 Å². The first-order chi connectivity index (χ1) is 8.34. The lowest BCUT2D eigenvalue weighted by atomic mass is 10.1. The molecule has 0 radical (unpaired) electrons. The number of hydrogen-bond acceptors (Lipinski definition) is 3. The van der Waals surface area contributed by atoms with Crippen LogP contribution in [0.3, 0.4) is 0 Å². The van der Waals surface area contributed by atoms with Gasteiger partial charge in [0.05, 0.1) is 18.7 Å². The Morgan fingerprint density at radius 2 is 1.94 bits per heavy atom. The predicted molar refractivity (Wildman–Crippen MR) is 65.7 cm³/mol. The summed E-state index contributed by atoms with van der Waals surface area (Å²) in [5.41, 5.74) is 3.09. The van der Waals surface area contributed by atoms with Crippen LogP contribution in [0.1, 0.15) is 24.0 Å². The van der Waals surface area contributed by atoms with Gasteiger partial charge in [0.15, 0.2) is 6.29 Å². The third-order valence-electron chi connectivity index (χ3n) is 2.96. The maximum atomic E-state index is 5.68. The fourth-order valence-corrected chi connectivity index (χ4v) is 2.20. The van der Waals surface area contributed by atoms with Gasteiger partial charge in [0.2, 0.25) is 0 Å². The zero-order valence-corrected chi connectivity index (χ0v) is 9.85. The van der Waals surface area contributed by atoms with E-state index in [4.69, 9.17) is 9.47 Å². The first-order valence-corrected chi connectivity index (χ1v) is 5.94. The van der Waals surface area contributed by atoms with Crippen molar-refractivity contribution in [2.24, 2.45) is 0 Å². The van der Waals surface area contributed by atoms with E-state index in [2.05, 4.69) is 17.1 Å². The second kappa shape index (κ2) is 4.43. The smallest absolute Gasteiger partial charge is 0.184 e. The lowest BCUT2D eigenvalue weighted by molar-refractivity contribution is -0.182. The fourth-order valence-electron chi connectivity index (χ4n) is 2.20. The molecule has 2 heterocycles. The van der Waals surface area contributed by atoms with E-state index < -0.39 is 0 Å². The van der Waals surface area contributed by atoms with Crippen LogP contribution in [-0.2, 0) is 9.47 Å². The number of aryl methyl sites for hydroxylation is 1. The van der Waals surface area contributed by atoms with Gasteiger partial charge in [0, 0.05) is 16.6 Å². The van der Waals surface area contributed by atoms with Crippen LogP contribution < -0.4 is 0 Å². The van der Waals surface area contributed by atoms with E-state index in [1.165, 1.54) is 0 Å². The molecule has 0 bridgehead atoms. The topological polar surface area (TPSA) is 31.4 Å². The van der Waals surface area contributed by atoms with Gasteiger partial charge < -0.3 is 9.47 Å². The third-order valence-corrected chi connectivity index (χ3v) is 2.96. The quantitative estimate of drug-likeness (QED) is 0.753. The van der Waals surface area contributed by atoms with Gasteiger partial charge >= 0.3 is 0 Å². The Hall–Kier alpha value is -1.45. The number of nitrogens with zero attached hydrogens (tertiary/aromatic N) is 1. The highest BCUT2D eigenvalue weighted by Gasteiger charge is 2.19. The predicted octanol–water partition coefficient (Wildman–Crippen LogP) is 2.98. The lowest BCUT2D eigenvalue weighted by Gasteiger charge is -2.24. The zero-order valence-electron chi connectivity index (χ0n) is 9.85. The highest BCUT2D eigenvalue weighted by Crippen LogP contribution is 2.29. The van der Waals surface area contributed by atoms with Crippen molar-refractivity contribution in [3.63, 3.8) is 0 Å². The lowest BCUT2D eigenvalue weighted by Crippen LogP contribution is -2.18. The molecule has 1 aliphatic rings. The standard InChI is InChI=1S/C14H15NO2/c1-10-9-12(14-16-7-4-8-17-14)11-5-2-3-6-13(11)15-10/h2-3,5-6,9,14H,4,7-8H2,1H3. The number of rotatable bonds is 1. The highest BCUT2D eigenvalue weighted by atomic mass is 16.7. The highest BCUT2D eigenvalue weighted by molar-refractivity contribution is 5.82. The summed E-state index contributed by atoms with van der Waals surface area (Å²) in [6, 6.07) is 10.2. The molecule has 0 saturated carbocycles. The van der Waals surface area contributed by atoms with Crippen LogP contribution in [0.15, 0.2) is 30.3 Å². The molecule has 0 atom stereocenters. The normalized spacial score (nSPS) is 17.5. The van der Waals surface area contributed by atoms with Gasteiger partial charge in [0.1, 0.15) is 0 Å². The molecule has 2 aromatic rings. The van der Waals surface area contributed by atoms with Crippen molar-refractivity contribution in [3.05, 3.63) is 41.6 Å². The van der Waals surface area contributed by atoms with Crippen molar-refractivity contribution in [1.29, 1.82) is 0 Å². The van der Waals surface area contributed by atoms with E-state index in [1.54, 1.807) is 0 Å². The number of para-hydroxylation sites is 1. The minimum Gasteiger partial charge on any atom is -0.348 e. The molecule has 1 aromatic carbocycles. The van der Waals surface area contributed by atoms with Gasteiger partial charge in [-0.2, -0.15) is 0 Å². The summed E-state index contributed by atoms with van der Waals surface area (Å²) >= 11 is 0. The van der Waals surface area contributed by atoms with Gasteiger partial charge in [-0.3, -0.25) is 4.98 Å². The Morgan fingerprint density at radius 1 is 1.18 bits per heavy atom. The summed E-state index contributed by atoms with van der Waals surface area (Å²) < 4.78 is 11.4. The van der Waals surface area contributed by atoms with Gasteiger partial charge in [-0.05, 0) is 25.5 Å². The molecule has 3 rings (SSSR count). The molecule has 1 fully saturated rings. The van der Waals surface area contributed by atoms with E-state index in [0.29, 0.717) is 0 Å². The minimum atomic E-state index is -0.240. The van der Waals surface area contributed by atoms with Crippen LogP contribution in [-0.4, -0.2) is 18.2 Å². The molecule has 3 heteroatoms. The number of pyridine rings is 1. The van der Waals surface area contributed by atoms with Crippen LogP contribution in [0, 0.1) is 6.92 Å². The van der Waals surface area contributed by atoms with Crippen molar-refractivity contribution < 1.29 is 9.47 Å². The van der Waals surface area contributed by atoms with Gasteiger partial charge in [-0.15, -0.1) is 0 Å². The Kier molecular flexibility index (Phi) is 2.79. The average molecular weight is 229 g/mol. The summed E-state index contributed by atoms with van der Waals surface area (Å²) in [5, 5.41) is 1.12. The average Bonchev–Trinajstić information content (AvgIpc) is 2.39. The molecule has 0 unspecified atom stereocenters. The zero-order chi connectivity index (χ0) is 11.7. The number of benzene rings is 1. The molecule has 1 aliphatic heterocycles. The molecule has 3 nitrogen and oxygen atoms in total. The Balaban J connectivity index is 2.13. The van der Waals surface area contributed by atoms with Crippen LogP contribution in [0.4, 0.5) is 0 Å². The summed E-state index contributed by atoms with van der Waals surface area (Å²) in [7, 11) is 0. The number of aromatic nitrogens is 1. The molecule has 88 valence electrons. The van der Waals surface area contributed by atoms with E-state index in [9.17, 15) is 0 Å². The van der Waals surface area contributed by atoms with Crippen LogP contribution >= 0.6 is 0 Å². The Labute approximate surface area is 100 Å². The Bertz CT molecular complexity index is 533. The first-order valence-electron chi connectivity index (χ1n) is 5.94. The van der Waals surface area contributed by atoms with E-state index >= 15 is 0 Å². The fraction of sp³-hybridized carbons (Fsp3) is 0.357. The van der Waals surface area contributed by atoms with Crippen molar-refractivity contribution in [2.75, 3.05) is 13.2 Å². The molecule has 1 saturated heterocycles. The molecule has 0 spiro atoms. The molecule has 17 heavy (non-hydrogen) atoms. The summed E-state index contributed by atoms with van der Waals surface area (Å²) in [4.78, 5) is 4.52. The van der Waals surface area contributed by atoms with Crippen molar-refractivity contribution in [1.82, 2.24) is 4.98 Å². The van der Waals surface area contributed by atoms with Gasteiger partial charge in [-0.1, -0.05) is 18.2 Å². The first kappa shape index (κ1) is 10.7. The SMILES string of the molecule is Cc1cc(C2OCCCO2)c2ccccc2n1. The van der Waals surface area contributed by atoms with Crippen LogP contribution in [0.5, 0.6) is 0 Å². The van der Waals surface area contributed by atoms with Crippen LogP contribution in [0.25, 0.3) is 10.9 Å². The van der Waals surface area contributed by atoms with Crippen molar-refractivity contribution >= 4 is 10.9 Å². The molecular weight excluding hydrogens is 214 g/mol. The largest absolute Gasteiger partial charge is 0.348 e. The molecule has 0 amide bonds. The van der Waals surface area contributed by atoms with E-state index in [1.807, 2.05) is 25.1 Å². The third kappa shape index (κ3) is 2.04. The van der Waals surface area contributed by atoms with Crippen molar-refractivity contribution in [3.8, 4) is 0 Å². The molecular formula is C14H15NO2. The summed E-state index contributed by atoms with van der Waals surface area (Å²) in [6.07, 6.45) is 0.730. The minimum absolute atomic E-state index is 0.240. The van der Waals surface area contributed by atoms with Gasteiger partial charge in [-0.25, -0.2) is 0 Å². The van der Waals surface area contributed by atoms with E-state index in [0.717, 1.165) is 41.8 Å². The number of ether oxygens (including phenoxy) is 2. The summed E-state index contributed by atoms with van der Waals surface area (Å²) in [5.74, 6) is 0. The summed E-state index contributed by atoms with van der Waals surface area (Å²) in [6.45, 7) is 3.53. The van der Waals surface area contributed by atoms with E-state index in [-0.39, 0.29) is 6.29 Å². The second-order valence-corrected chi connectivity index (χ2v) is 4.30. The maximum Gasteiger partial charge on any atom is 0.184 e. The number of fused-ring (bicyclic) bond motifs is 1. The number of hydrogen-bond donors (Lipinski definition) is 0. The second-order valence-electron chi connectivity index (χ2n) is 4.30. The van der Waals surface area contributed by atoms with Gasteiger partial charge in [0.25, 0.3) is 0 Å². The maximum absolute atomic E-state index is 5.68.